The zero-order valence-electron chi connectivity index (χ0n) is 17.0. The molecule has 0 aliphatic carbocycles. The Morgan fingerprint density at radius 3 is 2.55 bits per heavy atom. The second-order valence-corrected chi connectivity index (χ2v) is 7.67. The number of carbonyl (C=O) groups is 2. The number of hydrogen-bond donors (Lipinski definition) is 2. The van der Waals surface area contributed by atoms with E-state index >= 15 is 0 Å². The van der Waals surface area contributed by atoms with Crippen molar-refractivity contribution in [3.63, 3.8) is 0 Å². The maximum Gasteiger partial charge on any atom is 0.246 e. The third-order valence-corrected chi connectivity index (χ3v) is 5.31. The van der Waals surface area contributed by atoms with Gasteiger partial charge in [-0.2, -0.15) is 0 Å². The SMILES string of the molecule is CC1CC(=O)Nc2ccccc2N1C(=O)CNc1ccccc1Oc1ccccc1Cl. The van der Waals surface area contributed by atoms with Crippen LogP contribution in [0, 0.1) is 0 Å². The molecule has 31 heavy (non-hydrogen) atoms. The molecule has 2 N–H and O–H groups in total. The number of fused-ring (bicyclic) bond motifs is 1. The van der Waals surface area contributed by atoms with Gasteiger partial charge in [-0.1, -0.05) is 48.0 Å². The summed E-state index contributed by atoms with van der Waals surface area (Å²) in [5.41, 5.74) is 1.99. The van der Waals surface area contributed by atoms with Crippen molar-refractivity contribution in [3.05, 3.63) is 77.8 Å². The molecule has 7 heteroatoms. The number of hydrogen-bond acceptors (Lipinski definition) is 4. The van der Waals surface area contributed by atoms with Gasteiger partial charge in [-0.3, -0.25) is 9.59 Å². The van der Waals surface area contributed by atoms with Gasteiger partial charge in [0.1, 0.15) is 5.75 Å². The number of nitrogens with zero attached hydrogens (tertiary/aromatic N) is 1. The summed E-state index contributed by atoms with van der Waals surface area (Å²) in [5, 5.41) is 6.54. The first-order valence-electron chi connectivity index (χ1n) is 9.99. The van der Waals surface area contributed by atoms with E-state index in [-0.39, 0.29) is 30.8 Å². The number of benzene rings is 3. The Balaban J connectivity index is 1.53. The minimum atomic E-state index is -0.271. The van der Waals surface area contributed by atoms with Crippen molar-refractivity contribution in [2.24, 2.45) is 0 Å². The van der Waals surface area contributed by atoms with E-state index in [9.17, 15) is 9.59 Å². The van der Waals surface area contributed by atoms with Crippen LogP contribution in [0.4, 0.5) is 17.1 Å². The first kappa shape index (κ1) is 20.8. The highest BCUT2D eigenvalue weighted by Crippen LogP contribution is 2.34. The van der Waals surface area contributed by atoms with Gasteiger partial charge in [0.15, 0.2) is 5.75 Å². The largest absolute Gasteiger partial charge is 0.454 e. The lowest BCUT2D eigenvalue weighted by Gasteiger charge is -2.28. The Morgan fingerprint density at radius 2 is 1.74 bits per heavy atom. The fraction of sp³-hybridized carbons (Fsp3) is 0.167. The molecule has 0 saturated carbocycles. The van der Waals surface area contributed by atoms with Crippen molar-refractivity contribution in [2.75, 3.05) is 22.1 Å². The number of anilines is 3. The monoisotopic (exact) mass is 435 g/mol. The minimum absolute atomic E-state index is 0.0375. The van der Waals surface area contributed by atoms with Crippen LogP contribution in [-0.2, 0) is 9.59 Å². The number of carbonyl (C=O) groups excluding carboxylic acids is 2. The van der Waals surface area contributed by atoms with Crippen molar-refractivity contribution in [1.29, 1.82) is 0 Å². The lowest BCUT2D eigenvalue weighted by Crippen LogP contribution is -2.42. The number of amides is 2. The third-order valence-electron chi connectivity index (χ3n) is 5.00. The smallest absolute Gasteiger partial charge is 0.246 e. The van der Waals surface area contributed by atoms with Crippen LogP contribution in [0.1, 0.15) is 13.3 Å². The van der Waals surface area contributed by atoms with E-state index in [1.807, 2.05) is 61.5 Å². The summed E-state index contributed by atoms with van der Waals surface area (Å²) in [7, 11) is 0. The van der Waals surface area contributed by atoms with Crippen molar-refractivity contribution >= 4 is 40.5 Å². The molecule has 2 amide bonds. The molecule has 1 aliphatic rings. The summed E-state index contributed by atoms with van der Waals surface area (Å²) < 4.78 is 5.96. The van der Waals surface area contributed by atoms with Gasteiger partial charge >= 0.3 is 0 Å². The van der Waals surface area contributed by atoms with Crippen LogP contribution in [-0.4, -0.2) is 24.4 Å². The maximum atomic E-state index is 13.2. The molecule has 158 valence electrons. The van der Waals surface area contributed by atoms with Gasteiger partial charge in [0, 0.05) is 12.5 Å². The van der Waals surface area contributed by atoms with Gasteiger partial charge in [0.05, 0.1) is 28.6 Å². The Morgan fingerprint density at radius 1 is 1.06 bits per heavy atom. The molecule has 4 rings (SSSR count). The average Bonchev–Trinajstić information content (AvgIpc) is 2.88. The highest BCUT2D eigenvalue weighted by molar-refractivity contribution is 6.32. The lowest BCUT2D eigenvalue weighted by molar-refractivity contribution is -0.118. The highest BCUT2D eigenvalue weighted by atomic mass is 35.5. The molecule has 6 nitrogen and oxygen atoms in total. The molecule has 3 aromatic rings. The summed E-state index contributed by atoms with van der Waals surface area (Å²) >= 11 is 6.21. The van der Waals surface area contributed by atoms with Crippen molar-refractivity contribution in [3.8, 4) is 11.5 Å². The Labute approximate surface area is 185 Å². The second kappa shape index (κ2) is 9.10. The van der Waals surface area contributed by atoms with Crippen LogP contribution < -0.4 is 20.3 Å². The number of para-hydroxylation sites is 5. The first-order valence-corrected chi connectivity index (χ1v) is 10.4. The van der Waals surface area contributed by atoms with Gasteiger partial charge in [0.25, 0.3) is 0 Å². The molecule has 0 fully saturated rings. The van der Waals surface area contributed by atoms with Gasteiger partial charge in [-0.15, -0.1) is 0 Å². The molecule has 0 radical (unpaired) electrons. The van der Waals surface area contributed by atoms with Crippen LogP contribution in [0.5, 0.6) is 11.5 Å². The molecular formula is C24H22ClN3O3. The molecule has 1 aliphatic heterocycles. The fourth-order valence-electron chi connectivity index (χ4n) is 3.57. The summed E-state index contributed by atoms with van der Waals surface area (Å²) in [6, 6.07) is 21.6. The highest BCUT2D eigenvalue weighted by Gasteiger charge is 2.29. The standard InChI is InChI=1S/C24H22ClN3O3/c1-16-14-23(29)27-18-9-3-5-11-20(18)28(16)24(30)15-26-19-10-4-7-13-22(19)31-21-12-6-2-8-17(21)25/h2-13,16,26H,14-15H2,1H3,(H,27,29). The van der Waals surface area contributed by atoms with Gasteiger partial charge < -0.3 is 20.3 Å². The van der Waals surface area contributed by atoms with E-state index in [1.165, 1.54) is 0 Å². The van der Waals surface area contributed by atoms with E-state index in [2.05, 4.69) is 10.6 Å². The summed E-state index contributed by atoms with van der Waals surface area (Å²) in [6.07, 6.45) is 0.229. The third kappa shape index (κ3) is 4.64. The van der Waals surface area contributed by atoms with Crippen LogP contribution in [0.15, 0.2) is 72.8 Å². The zero-order valence-corrected chi connectivity index (χ0v) is 17.7. The Kier molecular flexibility index (Phi) is 6.09. The second-order valence-electron chi connectivity index (χ2n) is 7.26. The van der Waals surface area contributed by atoms with E-state index < -0.39 is 0 Å². The van der Waals surface area contributed by atoms with Gasteiger partial charge in [-0.25, -0.2) is 0 Å². The van der Waals surface area contributed by atoms with Crippen LogP contribution in [0.25, 0.3) is 0 Å². The van der Waals surface area contributed by atoms with Crippen LogP contribution in [0.2, 0.25) is 5.02 Å². The molecule has 1 unspecified atom stereocenters. The normalized spacial score (nSPS) is 15.5. The predicted octanol–water partition coefficient (Wildman–Crippen LogP) is 5.31. The van der Waals surface area contributed by atoms with E-state index in [4.69, 9.17) is 16.3 Å². The molecule has 0 bridgehead atoms. The van der Waals surface area contributed by atoms with E-state index in [0.29, 0.717) is 33.6 Å². The predicted molar refractivity (Wildman–Crippen MR) is 123 cm³/mol. The zero-order chi connectivity index (χ0) is 21.8. The molecule has 3 aromatic carbocycles. The quantitative estimate of drug-likeness (QED) is 0.569. The van der Waals surface area contributed by atoms with E-state index in [0.717, 1.165) is 0 Å². The number of rotatable bonds is 5. The minimum Gasteiger partial charge on any atom is -0.454 e. The summed E-state index contributed by atoms with van der Waals surface area (Å²) in [6.45, 7) is 1.91. The van der Waals surface area contributed by atoms with Gasteiger partial charge in [0.2, 0.25) is 11.8 Å². The van der Waals surface area contributed by atoms with Crippen molar-refractivity contribution in [1.82, 2.24) is 0 Å². The molecule has 0 saturated heterocycles. The topological polar surface area (TPSA) is 70.7 Å². The molecule has 0 spiro atoms. The Hall–Kier alpha value is -3.51. The summed E-state index contributed by atoms with van der Waals surface area (Å²) in [5.74, 6) is 0.833. The number of nitrogens with one attached hydrogen (secondary N) is 2. The van der Waals surface area contributed by atoms with Gasteiger partial charge in [-0.05, 0) is 43.3 Å². The number of halogens is 1. The molecule has 0 aromatic heterocycles. The fourth-order valence-corrected chi connectivity index (χ4v) is 3.75. The number of ether oxygens (including phenoxy) is 1. The van der Waals surface area contributed by atoms with Crippen LogP contribution >= 0.6 is 11.6 Å². The Bertz CT molecular complexity index is 1120. The molecular weight excluding hydrogens is 414 g/mol. The van der Waals surface area contributed by atoms with Crippen LogP contribution in [0.3, 0.4) is 0 Å². The lowest BCUT2D eigenvalue weighted by atomic mass is 10.1. The first-order chi connectivity index (χ1) is 15.0. The van der Waals surface area contributed by atoms with Crippen molar-refractivity contribution in [2.45, 2.75) is 19.4 Å². The van der Waals surface area contributed by atoms with E-state index in [1.54, 1.807) is 23.1 Å². The van der Waals surface area contributed by atoms with Crippen molar-refractivity contribution < 1.29 is 14.3 Å². The maximum absolute atomic E-state index is 13.2. The summed E-state index contributed by atoms with van der Waals surface area (Å²) in [4.78, 5) is 27.0. The average molecular weight is 436 g/mol. The molecule has 1 heterocycles. The molecule has 1 atom stereocenters.